The first-order valence-corrected chi connectivity index (χ1v) is 6.61. The van der Waals surface area contributed by atoms with E-state index in [-0.39, 0.29) is 30.6 Å². The second-order valence-electron chi connectivity index (χ2n) is 4.71. The number of hydrogen-bond donors (Lipinski definition) is 0. The SMILES string of the molecule is O=C(CCCC(F)(F)c1ccccc1)c1ccccc1. The van der Waals surface area contributed by atoms with Crippen molar-refractivity contribution in [3.8, 4) is 0 Å². The first-order chi connectivity index (χ1) is 9.59. The molecule has 0 N–H and O–H groups in total. The van der Waals surface area contributed by atoms with Crippen molar-refractivity contribution in [3.63, 3.8) is 0 Å². The van der Waals surface area contributed by atoms with E-state index in [2.05, 4.69) is 0 Å². The van der Waals surface area contributed by atoms with Crippen LogP contribution in [0, 0.1) is 0 Å². The highest BCUT2D eigenvalue weighted by Gasteiger charge is 2.30. The van der Waals surface area contributed by atoms with E-state index >= 15 is 0 Å². The molecule has 2 aromatic rings. The standard InChI is InChI=1S/C17H16F2O/c18-17(19,15-10-5-2-6-11-15)13-7-12-16(20)14-8-3-1-4-9-14/h1-6,8-11H,7,12-13H2. The monoisotopic (exact) mass is 274 g/mol. The van der Waals surface area contributed by atoms with Gasteiger partial charge in [0.05, 0.1) is 0 Å². The molecule has 0 amide bonds. The lowest BCUT2D eigenvalue weighted by molar-refractivity contribution is -0.0152. The first-order valence-electron chi connectivity index (χ1n) is 6.61. The number of halogens is 2. The molecule has 0 aliphatic carbocycles. The molecule has 0 saturated heterocycles. The quantitative estimate of drug-likeness (QED) is 0.689. The number of carbonyl (C=O) groups excluding carboxylic acids is 1. The average molecular weight is 274 g/mol. The number of ketones is 1. The lowest BCUT2D eigenvalue weighted by Crippen LogP contribution is -2.13. The minimum absolute atomic E-state index is 0.00663. The molecule has 0 radical (unpaired) electrons. The fraction of sp³-hybridized carbons (Fsp3) is 0.235. The Kier molecular flexibility index (Phi) is 4.61. The molecule has 0 saturated carbocycles. The molecule has 2 rings (SSSR count). The van der Waals surface area contributed by atoms with E-state index in [0.717, 1.165) is 0 Å². The lowest BCUT2D eigenvalue weighted by Gasteiger charge is -2.16. The molecule has 0 aromatic heterocycles. The maximum Gasteiger partial charge on any atom is 0.273 e. The van der Waals surface area contributed by atoms with Crippen molar-refractivity contribution in [2.24, 2.45) is 0 Å². The van der Waals surface area contributed by atoms with Gasteiger partial charge in [-0.05, 0) is 6.42 Å². The Balaban J connectivity index is 1.88. The Labute approximate surface area is 117 Å². The minimum atomic E-state index is -2.88. The molecule has 0 aliphatic rings. The summed E-state index contributed by atoms with van der Waals surface area (Å²) in [6, 6.07) is 16.5. The fourth-order valence-corrected chi connectivity index (χ4v) is 2.07. The van der Waals surface area contributed by atoms with Crippen molar-refractivity contribution in [2.75, 3.05) is 0 Å². The van der Waals surface area contributed by atoms with Gasteiger partial charge in [0.25, 0.3) is 5.92 Å². The second kappa shape index (κ2) is 6.42. The van der Waals surface area contributed by atoms with Crippen LogP contribution in [0.2, 0.25) is 0 Å². The maximum atomic E-state index is 13.9. The Bertz CT molecular complexity index is 550. The van der Waals surface area contributed by atoms with Crippen molar-refractivity contribution in [3.05, 3.63) is 71.8 Å². The van der Waals surface area contributed by atoms with Crippen molar-refractivity contribution < 1.29 is 13.6 Å². The molecule has 20 heavy (non-hydrogen) atoms. The van der Waals surface area contributed by atoms with E-state index < -0.39 is 5.92 Å². The lowest BCUT2D eigenvalue weighted by atomic mass is 10.00. The second-order valence-corrected chi connectivity index (χ2v) is 4.71. The fourth-order valence-electron chi connectivity index (χ4n) is 2.07. The first kappa shape index (κ1) is 14.4. The van der Waals surface area contributed by atoms with Crippen molar-refractivity contribution in [1.29, 1.82) is 0 Å². The average Bonchev–Trinajstić information content (AvgIpc) is 2.49. The highest BCUT2D eigenvalue weighted by atomic mass is 19.3. The van der Waals surface area contributed by atoms with Crippen LogP contribution in [-0.2, 0) is 5.92 Å². The van der Waals surface area contributed by atoms with Gasteiger partial charge in [-0.25, -0.2) is 8.78 Å². The Morgan fingerprint density at radius 3 is 2.05 bits per heavy atom. The Morgan fingerprint density at radius 2 is 1.45 bits per heavy atom. The van der Waals surface area contributed by atoms with Crippen LogP contribution >= 0.6 is 0 Å². The molecule has 0 atom stereocenters. The summed E-state index contributed by atoms with van der Waals surface area (Å²) in [4.78, 5) is 11.8. The smallest absolute Gasteiger partial charge is 0.273 e. The van der Waals surface area contributed by atoms with Crippen LogP contribution in [0.4, 0.5) is 8.78 Å². The largest absolute Gasteiger partial charge is 0.294 e. The summed E-state index contributed by atoms with van der Waals surface area (Å²) in [5, 5.41) is 0. The van der Waals surface area contributed by atoms with Gasteiger partial charge < -0.3 is 0 Å². The Morgan fingerprint density at radius 1 is 0.900 bits per heavy atom. The maximum absolute atomic E-state index is 13.9. The third-order valence-corrected chi connectivity index (χ3v) is 3.19. The minimum Gasteiger partial charge on any atom is -0.294 e. The van der Waals surface area contributed by atoms with E-state index in [4.69, 9.17) is 0 Å². The zero-order valence-corrected chi connectivity index (χ0v) is 11.1. The molecule has 2 aromatic carbocycles. The van der Waals surface area contributed by atoms with Crippen LogP contribution < -0.4 is 0 Å². The number of benzene rings is 2. The van der Waals surface area contributed by atoms with E-state index in [1.807, 2.05) is 6.07 Å². The summed E-state index contributed by atoms with van der Waals surface area (Å²) in [5.74, 6) is -2.97. The summed E-state index contributed by atoms with van der Waals surface area (Å²) < 4.78 is 27.8. The van der Waals surface area contributed by atoms with Crippen LogP contribution in [0.15, 0.2) is 60.7 Å². The molecule has 1 nitrogen and oxygen atoms in total. The van der Waals surface area contributed by atoms with E-state index in [0.29, 0.717) is 5.56 Å². The van der Waals surface area contributed by atoms with E-state index in [9.17, 15) is 13.6 Å². The number of Topliss-reactive ketones (excluding diaryl/α,β-unsaturated/α-hetero) is 1. The molecule has 3 heteroatoms. The highest BCUT2D eigenvalue weighted by Crippen LogP contribution is 2.33. The predicted octanol–water partition coefficient (Wildman–Crippen LogP) is 4.83. The third kappa shape index (κ3) is 3.73. The molecule has 0 unspecified atom stereocenters. The molecule has 0 bridgehead atoms. The molecular formula is C17H16F2O. The number of alkyl halides is 2. The summed E-state index contributed by atoms with van der Waals surface area (Å²) in [6.07, 6.45) is 0.0116. The predicted molar refractivity (Wildman–Crippen MR) is 75.0 cm³/mol. The summed E-state index contributed by atoms with van der Waals surface area (Å²) >= 11 is 0. The van der Waals surface area contributed by atoms with Gasteiger partial charge in [0, 0.05) is 24.0 Å². The van der Waals surface area contributed by atoms with Gasteiger partial charge in [-0.15, -0.1) is 0 Å². The van der Waals surface area contributed by atoms with Gasteiger partial charge in [0.2, 0.25) is 0 Å². The highest BCUT2D eigenvalue weighted by molar-refractivity contribution is 5.95. The van der Waals surface area contributed by atoms with Crippen LogP contribution in [0.3, 0.4) is 0 Å². The molecule has 0 heterocycles. The van der Waals surface area contributed by atoms with Gasteiger partial charge >= 0.3 is 0 Å². The van der Waals surface area contributed by atoms with Crippen LogP contribution in [-0.4, -0.2) is 5.78 Å². The van der Waals surface area contributed by atoms with Crippen LogP contribution in [0.5, 0.6) is 0 Å². The molecular weight excluding hydrogens is 258 g/mol. The summed E-state index contributed by atoms with van der Waals surface area (Å²) in [6.45, 7) is 0. The van der Waals surface area contributed by atoms with Gasteiger partial charge in [0.15, 0.2) is 5.78 Å². The van der Waals surface area contributed by atoms with Crippen LogP contribution in [0.1, 0.15) is 35.2 Å². The number of rotatable bonds is 6. The van der Waals surface area contributed by atoms with Crippen LogP contribution in [0.25, 0.3) is 0 Å². The molecule has 104 valence electrons. The normalized spacial score (nSPS) is 11.3. The topological polar surface area (TPSA) is 17.1 Å². The van der Waals surface area contributed by atoms with E-state index in [1.54, 1.807) is 42.5 Å². The van der Waals surface area contributed by atoms with Gasteiger partial charge in [0.1, 0.15) is 0 Å². The third-order valence-electron chi connectivity index (χ3n) is 3.19. The zero-order chi connectivity index (χ0) is 14.4. The summed E-state index contributed by atoms with van der Waals surface area (Å²) in [7, 11) is 0. The number of carbonyl (C=O) groups is 1. The summed E-state index contributed by atoms with van der Waals surface area (Å²) in [5.41, 5.74) is 0.586. The molecule has 0 fully saturated rings. The van der Waals surface area contributed by atoms with Crippen molar-refractivity contribution in [1.82, 2.24) is 0 Å². The van der Waals surface area contributed by atoms with E-state index in [1.165, 1.54) is 12.1 Å². The van der Waals surface area contributed by atoms with Crippen molar-refractivity contribution >= 4 is 5.78 Å². The van der Waals surface area contributed by atoms with Gasteiger partial charge in [-0.3, -0.25) is 4.79 Å². The molecule has 0 aliphatic heterocycles. The Hall–Kier alpha value is -2.03. The van der Waals surface area contributed by atoms with Crippen molar-refractivity contribution in [2.45, 2.75) is 25.2 Å². The van der Waals surface area contributed by atoms with Gasteiger partial charge in [-0.1, -0.05) is 60.7 Å². The molecule has 0 spiro atoms. The number of hydrogen-bond acceptors (Lipinski definition) is 1. The van der Waals surface area contributed by atoms with Gasteiger partial charge in [-0.2, -0.15) is 0 Å². The zero-order valence-electron chi connectivity index (χ0n) is 11.1.